The molecular formula is C18H13FN2O2. The number of aromatic nitrogens is 1. The normalized spacial score (nSPS) is 10.3. The van der Waals surface area contributed by atoms with Gasteiger partial charge in [0, 0.05) is 11.4 Å². The number of carbonyl (C=O) groups excluding carboxylic acids is 1. The molecule has 0 radical (unpaired) electrons. The summed E-state index contributed by atoms with van der Waals surface area (Å²) in [6.07, 6.45) is 0. The molecule has 1 heterocycles. The highest BCUT2D eigenvalue weighted by Crippen LogP contribution is 2.16. The van der Waals surface area contributed by atoms with Gasteiger partial charge in [-0.3, -0.25) is 9.59 Å². The molecule has 0 spiro atoms. The van der Waals surface area contributed by atoms with Gasteiger partial charge in [-0.15, -0.1) is 0 Å². The highest BCUT2D eigenvalue weighted by atomic mass is 19.1. The first-order valence-corrected chi connectivity index (χ1v) is 6.99. The van der Waals surface area contributed by atoms with Gasteiger partial charge >= 0.3 is 0 Å². The lowest BCUT2D eigenvalue weighted by Crippen LogP contribution is -2.23. The number of anilines is 1. The lowest BCUT2D eigenvalue weighted by atomic mass is 10.1. The topological polar surface area (TPSA) is 62.0 Å². The van der Waals surface area contributed by atoms with Crippen molar-refractivity contribution in [2.24, 2.45) is 0 Å². The van der Waals surface area contributed by atoms with E-state index in [-0.39, 0.29) is 11.4 Å². The Morgan fingerprint density at radius 2 is 1.61 bits per heavy atom. The van der Waals surface area contributed by atoms with Crippen molar-refractivity contribution in [1.29, 1.82) is 0 Å². The van der Waals surface area contributed by atoms with E-state index >= 15 is 0 Å². The Morgan fingerprint density at radius 1 is 0.913 bits per heavy atom. The Morgan fingerprint density at radius 3 is 2.26 bits per heavy atom. The van der Waals surface area contributed by atoms with Gasteiger partial charge in [-0.05, 0) is 54.1 Å². The first kappa shape index (κ1) is 14.7. The van der Waals surface area contributed by atoms with Gasteiger partial charge in [-0.25, -0.2) is 4.39 Å². The van der Waals surface area contributed by atoms with Crippen LogP contribution in [-0.4, -0.2) is 10.9 Å². The quantitative estimate of drug-likeness (QED) is 0.778. The van der Waals surface area contributed by atoms with Gasteiger partial charge in [0.15, 0.2) is 0 Å². The van der Waals surface area contributed by atoms with E-state index in [2.05, 4.69) is 10.3 Å². The summed E-state index contributed by atoms with van der Waals surface area (Å²) in [5, 5.41) is 2.66. The van der Waals surface area contributed by atoms with Crippen molar-refractivity contribution in [1.82, 2.24) is 4.98 Å². The number of amides is 1. The van der Waals surface area contributed by atoms with Gasteiger partial charge in [0.1, 0.15) is 11.4 Å². The highest BCUT2D eigenvalue weighted by molar-refractivity contribution is 6.04. The average molecular weight is 308 g/mol. The summed E-state index contributed by atoms with van der Waals surface area (Å²) in [4.78, 5) is 26.9. The lowest BCUT2D eigenvalue weighted by Gasteiger charge is -2.06. The molecule has 2 N–H and O–H groups in total. The second kappa shape index (κ2) is 6.27. The van der Waals surface area contributed by atoms with Crippen LogP contribution in [0.15, 0.2) is 71.5 Å². The van der Waals surface area contributed by atoms with Crippen molar-refractivity contribution >= 4 is 11.6 Å². The molecule has 3 aromatic rings. The maximum atomic E-state index is 12.9. The van der Waals surface area contributed by atoms with Gasteiger partial charge in [0.2, 0.25) is 0 Å². The molecule has 114 valence electrons. The van der Waals surface area contributed by atoms with E-state index in [1.807, 2.05) is 6.07 Å². The molecule has 0 fully saturated rings. The van der Waals surface area contributed by atoms with E-state index < -0.39 is 11.5 Å². The zero-order valence-corrected chi connectivity index (χ0v) is 12.0. The number of hydrogen-bond acceptors (Lipinski definition) is 2. The van der Waals surface area contributed by atoms with E-state index in [0.29, 0.717) is 16.9 Å². The molecule has 0 atom stereocenters. The summed E-state index contributed by atoms with van der Waals surface area (Å²) in [7, 11) is 0. The van der Waals surface area contributed by atoms with Crippen LogP contribution in [0.4, 0.5) is 10.1 Å². The minimum atomic E-state index is -0.500. The van der Waals surface area contributed by atoms with Gasteiger partial charge < -0.3 is 10.3 Å². The number of carbonyl (C=O) groups is 1. The molecule has 2 aromatic carbocycles. The fourth-order valence-corrected chi connectivity index (χ4v) is 2.17. The molecule has 0 aliphatic carbocycles. The summed E-state index contributed by atoms with van der Waals surface area (Å²) in [6.45, 7) is 0. The van der Waals surface area contributed by atoms with Gasteiger partial charge in [0.05, 0.1) is 0 Å². The van der Waals surface area contributed by atoms with Crippen molar-refractivity contribution < 1.29 is 9.18 Å². The predicted molar refractivity (Wildman–Crippen MR) is 86.9 cm³/mol. The number of para-hydroxylation sites is 1. The van der Waals surface area contributed by atoms with Crippen LogP contribution in [-0.2, 0) is 0 Å². The molecule has 4 nitrogen and oxygen atoms in total. The van der Waals surface area contributed by atoms with Crippen LogP contribution in [0, 0.1) is 5.82 Å². The van der Waals surface area contributed by atoms with Crippen LogP contribution < -0.4 is 10.9 Å². The van der Waals surface area contributed by atoms with Crippen molar-refractivity contribution in [2.45, 2.75) is 0 Å². The molecule has 1 amide bonds. The summed E-state index contributed by atoms with van der Waals surface area (Å²) in [5.41, 5.74) is 1.31. The molecule has 0 aliphatic heterocycles. The third-order valence-electron chi connectivity index (χ3n) is 3.34. The molecule has 1 aromatic heterocycles. The first-order valence-electron chi connectivity index (χ1n) is 6.99. The van der Waals surface area contributed by atoms with Gasteiger partial charge in [-0.2, -0.15) is 0 Å². The number of aromatic amines is 1. The van der Waals surface area contributed by atoms with Crippen LogP contribution in [0.2, 0.25) is 0 Å². The van der Waals surface area contributed by atoms with E-state index in [4.69, 9.17) is 0 Å². The number of pyridine rings is 1. The standard InChI is InChI=1S/C18H13FN2O2/c19-13-8-6-12(7-9-13)16-11-10-15(18(23)21-16)17(22)20-14-4-2-1-3-5-14/h1-11H,(H,20,22)(H,21,23). The molecule has 0 bridgehead atoms. The largest absolute Gasteiger partial charge is 0.322 e. The van der Waals surface area contributed by atoms with Crippen LogP contribution in [0.3, 0.4) is 0 Å². The number of H-pyrrole nitrogens is 1. The van der Waals surface area contributed by atoms with Crippen LogP contribution in [0.1, 0.15) is 10.4 Å². The number of hydrogen-bond donors (Lipinski definition) is 2. The third-order valence-corrected chi connectivity index (χ3v) is 3.34. The summed E-state index contributed by atoms with van der Waals surface area (Å²) < 4.78 is 12.9. The number of benzene rings is 2. The Kier molecular flexibility index (Phi) is 4.01. The number of halogens is 1. The SMILES string of the molecule is O=C(Nc1ccccc1)c1ccc(-c2ccc(F)cc2)[nH]c1=O. The van der Waals surface area contributed by atoms with Gasteiger partial charge in [0.25, 0.3) is 11.5 Å². The zero-order chi connectivity index (χ0) is 16.2. The zero-order valence-electron chi connectivity index (χ0n) is 12.0. The minimum Gasteiger partial charge on any atom is -0.322 e. The fourth-order valence-electron chi connectivity index (χ4n) is 2.17. The van der Waals surface area contributed by atoms with E-state index in [0.717, 1.165) is 0 Å². The monoisotopic (exact) mass is 308 g/mol. The molecule has 0 aliphatic rings. The maximum Gasteiger partial charge on any atom is 0.261 e. The van der Waals surface area contributed by atoms with Crippen molar-refractivity contribution in [2.75, 3.05) is 5.32 Å². The number of rotatable bonds is 3. The highest BCUT2D eigenvalue weighted by Gasteiger charge is 2.11. The van der Waals surface area contributed by atoms with E-state index in [9.17, 15) is 14.0 Å². The molecule has 0 saturated heterocycles. The Hall–Kier alpha value is -3.21. The fraction of sp³-hybridized carbons (Fsp3) is 0. The van der Waals surface area contributed by atoms with Crippen molar-refractivity contribution in [3.63, 3.8) is 0 Å². The molecular weight excluding hydrogens is 295 g/mol. The third kappa shape index (κ3) is 3.35. The molecule has 0 saturated carbocycles. The summed E-state index contributed by atoms with van der Waals surface area (Å²) >= 11 is 0. The van der Waals surface area contributed by atoms with Crippen LogP contribution >= 0.6 is 0 Å². The molecule has 5 heteroatoms. The summed E-state index contributed by atoms with van der Waals surface area (Å²) in [6, 6.07) is 17.7. The summed E-state index contributed by atoms with van der Waals surface area (Å²) in [5.74, 6) is -0.835. The van der Waals surface area contributed by atoms with Gasteiger partial charge in [-0.1, -0.05) is 18.2 Å². The van der Waals surface area contributed by atoms with E-state index in [1.165, 1.54) is 18.2 Å². The lowest BCUT2D eigenvalue weighted by molar-refractivity contribution is 0.102. The van der Waals surface area contributed by atoms with E-state index in [1.54, 1.807) is 42.5 Å². The Balaban J connectivity index is 1.86. The molecule has 3 rings (SSSR count). The minimum absolute atomic E-state index is 0.0136. The van der Waals surface area contributed by atoms with Crippen molar-refractivity contribution in [3.8, 4) is 11.3 Å². The predicted octanol–water partition coefficient (Wildman–Crippen LogP) is 3.43. The first-order chi connectivity index (χ1) is 11.1. The van der Waals surface area contributed by atoms with Crippen molar-refractivity contribution in [3.05, 3.63) is 88.5 Å². The number of nitrogens with one attached hydrogen (secondary N) is 2. The second-order valence-corrected chi connectivity index (χ2v) is 4.94. The Bertz CT molecular complexity index is 887. The average Bonchev–Trinajstić information content (AvgIpc) is 2.56. The molecule has 23 heavy (non-hydrogen) atoms. The second-order valence-electron chi connectivity index (χ2n) is 4.94. The smallest absolute Gasteiger partial charge is 0.261 e. The van der Waals surface area contributed by atoms with Crippen LogP contribution in [0.25, 0.3) is 11.3 Å². The maximum absolute atomic E-state index is 12.9. The molecule has 0 unspecified atom stereocenters. The van der Waals surface area contributed by atoms with Crippen LogP contribution in [0.5, 0.6) is 0 Å². The Labute approximate surface area is 131 Å².